The summed E-state index contributed by atoms with van der Waals surface area (Å²) in [5.41, 5.74) is -3.51. The molecule has 1 saturated carbocycles. The summed E-state index contributed by atoms with van der Waals surface area (Å²) < 4.78 is 59.4. The van der Waals surface area contributed by atoms with Gasteiger partial charge in [-0.05, 0) is 79.2 Å². The van der Waals surface area contributed by atoms with Gasteiger partial charge in [0, 0.05) is 23.3 Å². The largest absolute Gasteiger partial charge is 0.483 e. The molecule has 3 aliphatic rings. The van der Waals surface area contributed by atoms with Gasteiger partial charge in [0.1, 0.15) is 34.6 Å². The third-order valence-corrected chi connectivity index (χ3v) is 10.4. The number of nitrogens with one attached hydrogen (secondary N) is 2. The second-order valence-corrected chi connectivity index (χ2v) is 15.5. The van der Waals surface area contributed by atoms with Gasteiger partial charge < -0.3 is 29.7 Å². The minimum absolute atomic E-state index is 0.0141. The Morgan fingerprint density at radius 1 is 1.13 bits per heavy atom. The van der Waals surface area contributed by atoms with E-state index in [1.54, 1.807) is 46.8 Å². The summed E-state index contributed by atoms with van der Waals surface area (Å²) in [5.74, 6) is -1.80. The topological polar surface area (TPSA) is 136 Å². The molecule has 3 amide bonds. The highest BCUT2D eigenvalue weighted by molar-refractivity contribution is 5.97. The first-order chi connectivity index (χ1) is 25.4. The van der Waals surface area contributed by atoms with Gasteiger partial charge >= 0.3 is 18.2 Å². The van der Waals surface area contributed by atoms with Crippen molar-refractivity contribution in [2.24, 2.45) is 5.92 Å². The molecule has 5 atom stereocenters. The Labute approximate surface area is 314 Å². The first-order valence-electron chi connectivity index (χ1n) is 18.6. The maximum atomic E-state index is 14.6. The Kier molecular flexibility index (Phi) is 11.7. The number of carbonyl (C=O) groups excluding carboxylic acids is 4. The van der Waals surface area contributed by atoms with Crippen LogP contribution in [-0.2, 0) is 36.5 Å². The molecular formula is C40H51F3N4O7. The van der Waals surface area contributed by atoms with Crippen LogP contribution >= 0.6 is 0 Å². The van der Waals surface area contributed by atoms with Gasteiger partial charge in [0.2, 0.25) is 11.8 Å². The number of unbranched alkanes of at least 4 members (excludes halogenated alkanes) is 3. The zero-order valence-corrected chi connectivity index (χ0v) is 31.7. The van der Waals surface area contributed by atoms with Crippen molar-refractivity contribution in [1.82, 2.24) is 20.5 Å². The quantitative estimate of drug-likeness (QED) is 0.128. The van der Waals surface area contributed by atoms with E-state index in [1.165, 1.54) is 11.0 Å². The van der Waals surface area contributed by atoms with E-state index >= 15 is 0 Å². The van der Waals surface area contributed by atoms with Crippen molar-refractivity contribution in [3.05, 3.63) is 60.3 Å². The summed E-state index contributed by atoms with van der Waals surface area (Å²) >= 11 is 0. The number of alkyl halides is 3. The number of aryl methyl sites for hydroxylation is 2. The highest BCUT2D eigenvalue weighted by atomic mass is 19.4. The molecule has 2 aliphatic heterocycles. The van der Waals surface area contributed by atoms with Gasteiger partial charge in [0.15, 0.2) is 0 Å². The zero-order chi connectivity index (χ0) is 39.6. The fraction of sp³-hybridized carbons (Fsp3) is 0.575. The van der Waals surface area contributed by atoms with Crippen molar-refractivity contribution in [1.29, 1.82) is 0 Å². The summed E-state index contributed by atoms with van der Waals surface area (Å²) in [6.07, 6.45) is 2.10. The Bertz CT molecular complexity index is 1810. The van der Waals surface area contributed by atoms with Crippen LogP contribution < -0.4 is 15.4 Å². The lowest BCUT2D eigenvalue weighted by Crippen LogP contribution is -2.57. The smallest absolute Gasteiger partial charge is 0.418 e. The number of benzene rings is 1. The van der Waals surface area contributed by atoms with Crippen molar-refractivity contribution >= 4 is 34.8 Å². The Morgan fingerprint density at radius 3 is 2.50 bits per heavy atom. The molecule has 0 bridgehead atoms. The van der Waals surface area contributed by atoms with Crippen LogP contribution in [0.2, 0.25) is 0 Å². The number of rotatable bonds is 13. The fourth-order valence-corrected chi connectivity index (χ4v) is 7.65. The molecule has 2 N–H and O–H groups in total. The first-order valence-corrected chi connectivity index (χ1v) is 18.6. The van der Waals surface area contributed by atoms with Crippen molar-refractivity contribution in [2.45, 2.75) is 127 Å². The lowest BCUT2D eigenvalue weighted by atomic mass is 9.86. The van der Waals surface area contributed by atoms with Crippen LogP contribution in [0.3, 0.4) is 0 Å². The molecule has 1 aromatic heterocycles. The SMILES string of the molecule is C=CCCCCC[C@H](NC(=O)OC(C)(C)C)C(=O)N1C[C@@]2(CCc3c(c(C)nc4c(C(F)(F)F)cccc34)O2)C[C@H]1C(=O)N[C@]1(C(=O)OCC)C[C@H]1C=C. The number of allylic oxidation sites excluding steroid dienone is 1. The molecule has 14 heteroatoms. The van der Waals surface area contributed by atoms with Crippen LogP contribution in [0.25, 0.3) is 10.9 Å². The summed E-state index contributed by atoms with van der Waals surface area (Å²) in [6, 6.07) is 1.73. The van der Waals surface area contributed by atoms with E-state index in [9.17, 15) is 32.3 Å². The molecule has 1 aliphatic carbocycles. The molecule has 1 saturated heterocycles. The van der Waals surface area contributed by atoms with Crippen LogP contribution in [-0.4, -0.2) is 75.7 Å². The molecule has 294 valence electrons. The molecule has 54 heavy (non-hydrogen) atoms. The predicted molar refractivity (Wildman–Crippen MR) is 196 cm³/mol. The highest BCUT2D eigenvalue weighted by Crippen LogP contribution is 2.48. The van der Waals surface area contributed by atoms with E-state index < -0.39 is 64.4 Å². The molecule has 0 radical (unpaired) electrons. The highest BCUT2D eigenvalue weighted by Gasteiger charge is 2.63. The monoisotopic (exact) mass is 756 g/mol. The number of alkyl carbamates (subject to hydrolysis) is 1. The Balaban J connectivity index is 1.51. The van der Waals surface area contributed by atoms with E-state index in [-0.39, 0.29) is 56.0 Å². The summed E-state index contributed by atoms with van der Waals surface area (Å²) in [4.78, 5) is 60.9. The number of halogens is 3. The number of amides is 3. The predicted octanol–water partition coefficient (Wildman–Crippen LogP) is 6.88. The van der Waals surface area contributed by atoms with Gasteiger partial charge in [-0.25, -0.2) is 14.6 Å². The third-order valence-electron chi connectivity index (χ3n) is 10.4. The number of fused-ring (bicyclic) bond motifs is 3. The summed E-state index contributed by atoms with van der Waals surface area (Å²) in [5, 5.41) is 5.93. The second kappa shape index (κ2) is 15.6. The van der Waals surface area contributed by atoms with Gasteiger partial charge in [0.05, 0.1) is 29.9 Å². The molecule has 11 nitrogen and oxygen atoms in total. The Hall–Kier alpha value is -4.62. The average molecular weight is 757 g/mol. The lowest BCUT2D eigenvalue weighted by molar-refractivity contribution is -0.150. The van der Waals surface area contributed by atoms with Gasteiger partial charge in [0.25, 0.3) is 0 Å². The number of likely N-dealkylation sites (tertiary alicyclic amines) is 1. The normalized spacial score (nSPS) is 23.9. The van der Waals surface area contributed by atoms with Gasteiger partial charge in [-0.1, -0.05) is 37.1 Å². The molecule has 0 unspecified atom stereocenters. The van der Waals surface area contributed by atoms with Crippen molar-refractivity contribution in [3.63, 3.8) is 0 Å². The van der Waals surface area contributed by atoms with Crippen LogP contribution in [0.5, 0.6) is 5.75 Å². The molecule has 2 aromatic rings. The molecule has 1 spiro atoms. The number of para-hydroxylation sites is 1. The number of pyridine rings is 1. The minimum atomic E-state index is -4.61. The maximum Gasteiger partial charge on any atom is 0.418 e. The standard InChI is InChI=1S/C40H51F3N4O7/c1-8-11-12-13-14-18-29(45-36(51)54-37(5,6)7)34(49)47-23-38(22-30(47)33(48)46-39(21-25(39)9-2)35(50)52-10-3)20-19-27-26-16-15-17-28(40(41,42)43)31(26)44-24(4)32(27)53-38/h8-9,15-17,25,29-30H,1-2,10-14,18-23H2,3-7H3,(H,45,51)(H,46,48)/t25-,29+,30+,38-,39-/m1/s1. The zero-order valence-electron chi connectivity index (χ0n) is 31.7. The fourth-order valence-electron chi connectivity index (χ4n) is 7.65. The number of hydrogen-bond donors (Lipinski definition) is 2. The number of nitrogens with zero attached hydrogens (tertiary/aromatic N) is 2. The number of esters is 1. The number of ether oxygens (including phenoxy) is 3. The maximum absolute atomic E-state index is 14.6. The van der Waals surface area contributed by atoms with Gasteiger partial charge in [-0.2, -0.15) is 13.2 Å². The Morgan fingerprint density at radius 2 is 1.87 bits per heavy atom. The first kappa shape index (κ1) is 40.6. The van der Waals surface area contributed by atoms with Crippen LogP contribution in [0, 0.1) is 12.8 Å². The van der Waals surface area contributed by atoms with Crippen LogP contribution in [0.4, 0.5) is 18.0 Å². The second-order valence-electron chi connectivity index (χ2n) is 15.5. The van der Waals surface area contributed by atoms with Crippen LogP contribution in [0.1, 0.15) is 95.9 Å². The van der Waals surface area contributed by atoms with E-state index in [0.29, 0.717) is 29.5 Å². The van der Waals surface area contributed by atoms with E-state index in [2.05, 4.69) is 28.8 Å². The summed E-state index contributed by atoms with van der Waals surface area (Å²) in [6.45, 7) is 16.0. The number of hydrogen-bond acceptors (Lipinski definition) is 8. The summed E-state index contributed by atoms with van der Waals surface area (Å²) in [7, 11) is 0. The van der Waals surface area contributed by atoms with Gasteiger partial charge in [-0.3, -0.25) is 9.59 Å². The van der Waals surface area contributed by atoms with Crippen molar-refractivity contribution in [3.8, 4) is 5.75 Å². The van der Waals surface area contributed by atoms with E-state index in [1.807, 2.05) is 6.08 Å². The number of aromatic nitrogens is 1. The lowest BCUT2D eigenvalue weighted by Gasteiger charge is -2.37. The van der Waals surface area contributed by atoms with Crippen molar-refractivity contribution in [2.75, 3.05) is 13.2 Å². The molecule has 5 rings (SSSR count). The van der Waals surface area contributed by atoms with Gasteiger partial charge in [-0.15, -0.1) is 13.2 Å². The molecular weight excluding hydrogens is 705 g/mol. The molecule has 3 heterocycles. The van der Waals surface area contributed by atoms with E-state index in [0.717, 1.165) is 25.3 Å². The molecule has 1 aromatic carbocycles. The van der Waals surface area contributed by atoms with Crippen LogP contribution in [0.15, 0.2) is 43.5 Å². The van der Waals surface area contributed by atoms with E-state index in [4.69, 9.17) is 14.2 Å². The molecule has 2 fully saturated rings. The van der Waals surface area contributed by atoms with Crippen molar-refractivity contribution < 1.29 is 46.6 Å². The minimum Gasteiger partial charge on any atom is -0.483 e. The third kappa shape index (κ3) is 8.52. The number of carbonyl (C=O) groups is 4. The average Bonchev–Trinajstić information content (AvgIpc) is 3.69.